The predicted octanol–water partition coefficient (Wildman–Crippen LogP) is 3.53. The van der Waals surface area contributed by atoms with Crippen LogP contribution in [0, 0.1) is 24.2 Å². The van der Waals surface area contributed by atoms with Gasteiger partial charge in [0.15, 0.2) is 0 Å². The molecule has 3 saturated heterocycles. The normalized spacial score (nSPS) is 28.3. The number of terminal acetylenes is 1. The molecule has 10 rings (SSSR count). The fourth-order valence-corrected chi connectivity index (χ4v) is 14.4. The molecule has 2 aliphatic carbocycles. The molecule has 4 aromatic rings. The standard InChI is InChI=1S/C51H60N7O13.In/c1-3-5-9-24-68-53-41-34(26-40(61)45-46(41)70-45)19-21-52-49(63)55(30-59)39(32-13-7-6-8-14-32)18-17-31-12-10-15-33(25-31)38(4-2)57-50(64)56-22-20-37-42(47-48(71-47)44(62)43(37)58(56)51(57)65)54-69-28-35(60)27-66-29-36-16-11-23-67-36;/h1,6-8,10-16,23,25,34-35,37-40,43-48,60-62H,4-5,9,17-22,24,26-29H2,2H3,(H,52,63);/q;+1/p-1/b53-41-,54-42-;/t34-,35-,37+,38-,39-,40-,43+,44-,45-,46+,47+,48-;/m0./s1. The van der Waals surface area contributed by atoms with E-state index in [-0.39, 0.29) is 54.2 Å². The average Bonchev–Trinajstić information content (AvgIpc) is 4.27. The molecule has 0 spiro atoms. The zero-order valence-electron chi connectivity index (χ0n) is 40.0. The second-order valence-electron chi connectivity index (χ2n) is 19.3. The summed E-state index contributed by atoms with van der Waals surface area (Å²) in [6.07, 6.45) is 6.33. The number of amides is 3. The van der Waals surface area contributed by atoms with Crippen LogP contribution in [0.25, 0.3) is 0 Å². The SMILES string of the molecule is C#CCCCO/N=C1/[C@@H](CC[N]2[In][C](=O)N([C@@H](CCc3cccc([C@H](CC)n4c(=O)n5n(c4=O)[C@H]4[C@H](O)[C@@H]6O[C@@H]6/C(=N\OC[C@@H](O)COCc6ccco6)[C@H]4CC5)c3)c3ccccc3)C2=O)C[C@H](O)[C@@H]2O[C@H]12. The number of aryl methyl sites for hydroxylation is 1. The molecule has 0 bridgehead atoms. The van der Waals surface area contributed by atoms with E-state index >= 15 is 0 Å². The molecular formula is C51H59InN7O13. The summed E-state index contributed by atoms with van der Waals surface area (Å²) >= 11 is -2.25. The molecule has 2 aromatic heterocycles. The molecule has 6 aliphatic rings. The van der Waals surface area contributed by atoms with Crippen molar-refractivity contribution in [3.8, 4) is 12.3 Å². The quantitative estimate of drug-likeness (QED) is 0.0443. The summed E-state index contributed by atoms with van der Waals surface area (Å²) in [6, 6.07) is 18.4. The van der Waals surface area contributed by atoms with Crippen molar-refractivity contribution < 1.29 is 53.2 Å². The summed E-state index contributed by atoms with van der Waals surface area (Å²) in [7, 11) is 0. The van der Waals surface area contributed by atoms with Crippen LogP contribution in [0.2, 0.25) is 0 Å². The summed E-state index contributed by atoms with van der Waals surface area (Å²) < 4.78 is 28.0. The van der Waals surface area contributed by atoms with Crippen LogP contribution >= 0.6 is 0 Å². The summed E-state index contributed by atoms with van der Waals surface area (Å²) in [5, 5.41) is 41.5. The summed E-state index contributed by atoms with van der Waals surface area (Å²) in [4.78, 5) is 69.8. The number of carbonyl (C=O) groups excluding carboxylic acids is 2. The van der Waals surface area contributed by atoms with Crippen LogP contribution in [0.1, 0.15) is 92.4 Å². The molecule has 2 aromatic carbocycles. The summed E-state index contributed by atoms with van der Waals surface area (Å²) in [5.41, 5.74) is 2.68. The van der Waals surface area contributed by atoms with Crippen molar-refractivity contribution in [1.82, 2.24) is 21.7 Å². The van der Waals surface area contributed by atoms with E-state index in [1.54, 1.807) is 21.3 Å². The average molecular weight is 1090 g/mol. The number of nitrogens with zero attached hydrogens (tertiary/aromatic N) is 7. The summed E-state index contributed by atoms with van der Waals surface area (Å²) in [6.45, 7) is 2.84. The molecule has 20 nitrogen and oxygen atoms in total. The molecule has 21 heteroatoms. The molecular weight excluding hydrogens is 1030 g/mol. The molecule has 5 fully saturated rings. The molecule has 2 saturated carbocycles. The van der Waals surface area contributed by atoms with Crippen molar-refractivity contribution in [3.63, 3.8) is 0 Å². The van der Waals surface area contributed by atoms with E-state index in [0.29, 0.717) is 76.0 Å². The second kappa shape index (κ2) is 21.9. The van der Waals surface area contributed by atoms with E-state index in [1.807, 2.05) is 61.5 Å². The third kappa shape index (κ3) is 10.2. The number of furan rings is 1. The number of rotatable bonds is 22. The van der Waals surface area contributed by atoms with Gasteiger partial charge in [0.05, 0.1) is 24.6 Å². The fourth-order valence-electron chi connectivity index (χ4n) is 11.0. The van der Waals surface area contributed by atoms with Gasteiger partial charge in [-0.05, 0) is 18.6 Å². The molecule has 72 heavy (non-hydrogen) atoms. The predicted molar refractivity (Wildman–Crippen MR) is 259 cm³/mol. The number of hydrogen-bond acceptors (Lipinski definition) is 15. The minimum atomic E-state index is -2.25. The number of benzene rings is 2. The van der Waals surface area contributed by atoms with E-state index in [0.717, 1.165) is 22.4 Å². The molecule has 3 amide bonds. The number of fused-ring (bicyclic) bond motifs is 5. The van der Waals surface area contributed by atoms with Crippen LogP contribution in [0.15, 0.2) is 97.3 Å². The van der Waals surface area contributed by atoms with Crippen LogP contribution in [-0.4, -0.2) is 150 Å². The van der Waals surface area contributed by atoms with Crippen molar-refractivity contribution in [3.05, 3.63) is 116 Å². The molecule has 379 valence electrons. The topological polar surface area (TPSA) is 241 Å². The number of urea groups is 1. The van der Waals surface area contributed by atoms with E-state index < -0.39 is 89.1 Å². The second-order valence-corrected chi connectivity index (χ2v) is 23.2. The first-order valence-corrected chi connectivity index (χ1v) is 28.0. The van der Waals surface area contributed by atoms with Crippen molar-refractivity contribution >= 4 is 44.3 Å². The molecule has 6 heterocycles. The van der Waals surface area contributed by atoms with E-state index in [9.17, 15) is 34.5 Å². The van der Waals surface area contributed by atoms with Gasteiger partial charge < -0.3 is 28.9 Å². The van der Waals surface area contributed by atoms with E-state index in [1.165, 1.54) is 18.8 Å². The van der Waals surface area contributed by atoms with Crippen LogP contribution in [-0.2, 0) is 43.5 Å². The molecule has 12 atom stereocenters. The van der Waals surface area contributed by atoms with Gasteiger partial charge >= 0.3 is 296 Å². The number of aromatic nitrogens is 3. The van der Waals surface area contributed by atoms with Crippen molar-refractivity contribution in [1.29, 1.82) is 0 Å². The number of carbonyl (C=O) groups is 2. The number of imide groups is 1. The monoisotopic (exact) mass is 1090 g/mol. The van der Waals surface area contributed by atoms with Gasteiger partial charge in [0.1, 0.15) is 43.4 Å². The molecule has 0 unspecified atom stereocenters. The maximum absolute atomic E-state index is 14.6. The van der Waals surface area contributed by atoms with Gasteiger partial charge in [-0.2, -0.15) is 0 Å². The van der Waals surface area contributed by atoms with Crippen molar-refractivity contribution in [2.75, 3.05) is 26.4 Å². The molecule has 1 radical (unpaired) electrons. The minimum absolute atomic E-state index is 0.0117. The Labute approximate surface area is 426 Å². The van der Waals surface area contributed by atoms with Gasteiger partial charge in [0.25, 0.3) is 0 Å². The number of oxime groups is 2. The number of ether oxygens (including phenoxy) is 3. The first-order valence-electron chi connectivity index (χ1n) is 24.9. The van der Waals surface area contributed by atoms with Gasteiger partial charge in [-0.15, -0.1) is 0 Å². The first-order chi connectivity index (χ1) is 35.1. The Bertz CT molecular complexity index is 2810. The van der Waals surface area contributed by atoms with Gasteiger partial charge in [-0.3, -0.25) is 0 Å². The van der Waals surface area contributed by atoms with E-state index in [4.69, 9.17) is 34.7 Å². The Hall–Kier alpha value is -5.47. The number of aliphatic hydroxyl groups is 3. The number of unbranched alkanes of at least 4 members (excludes halogenated alkanes) is 1. The number of aliphatic hydroxyl groups excluding tert-OH is 3. The third-order valence-electron chi connectivity index (χ3n) is 14.7. The maximum atomic E-state index is 14.6. The number of epoxide rings is 2. The van der Waals surface area contributed by atoms with Gasteiger partial charge in [-0.1, -0.05) is 5.16 Å². The third-order valence-corrected chi connectivity index (χ3v) is 18.3. The Morgan fingerprint density at radius 1 is 0.917 bits per heavy atom. The van der Waals surface area contributed by atoms with Crippen molar-refractivity contribution in [2.24, 2.45) is 22.1 Å². The Morgan fingerprint density at radius 2 is 1.71 bits per heavy atom. The molecule has 3 N–H and O–H groups in total. The van der Waals surface area contributed by atoms with Crippen LogP contribution in [0.3, 0.4) is 0 Å². The van der Waals surface area contributed by atoms with Gasteiger partial charge in [0, 0.05) is 12.5 Å². The summed E-state index contributed by atoms with van der Waals surface area (Å²) in [5.74, 6) is 2.57. The first kappa shape index (κ1) is 50.1. The number of hydrogen-bond donors (Lipinski definition) is 3. The van der Waals surface area contributed by atoms with Crippen LogP contribution in [0.4, 0.5) is 9.59 Å². The van der Waals surface area contributed by atoms with E-state index in [2.05, 4.69) is 16.2 Å². The fraction of sp³-hybridized carbons (Fsp3) is 0.529. The molecule has 4 aliphatic heterocycles. The zero-order chi connectivity index (χ0) is 50.0. The zero-order valence-corrected chi connectivity index (χ0v) is 43.3. The van der Waals surface area contributed by atoms with Crippen LogP contribution in [0.5, 0.6) is 0 Å². The van der Waals surface area contributed by atoms with Gasteiger partial charge in [-0.25, -0.2) is 0 Å². The van der Waals surface area contributed by atoms with Crippen LogP contribution < -0.4 is 11.4 Å². The Balaban J connectivity index is 0.819. The van der Waals surface area contributed by atoms with Crippen molar-refractivity contribution in [2.45, 2.75) is 132 Å². The Kier molecular flexibility index (Phi) is 15.3. The van der Waals surface area contributed by atoms with Gasteiger partial charge in [0.2, 0.25) is 0 Å². The Morgan fingerprint density at radius 3 is 2.50 bits per heavy atom.